The molecule has 1 saturated carbocycles. The van der Waals surface area contributed by atoms with E-state index in [4.69, 9.17) is 4.74 Å². The third-order valence-corrected chi connectivity index (χ3v) is 3.88. The number of ether oxygens (including phenoxy) is 1. The van der Waals surface area contributed by atoms with Gasteiger partial charge in [-0.1, -0.05) is 25.3 Å². The second kappa shape index (κ2) is 3.72. The molecule has 1 heterocycles. The zero-order valence-electron chi connectivity index (χ0n) is 9.50. The van der Waals surface area contributed by atoms with E-state index in [9.17, 15) is 4.79 Å². The monoisotopic (exact) mass is 219 g/mol. The van der Waals surface area contributed by atoms with Crippen LogP contribution in [0.25, 0.3) is 0 Å². The highest BCUT2D eigenvalue weighted by Crippen LogP contribution is 2.38. The second-order valence-corrected chi connectivity index (χ2v) is 5.02. The van der Waals surface area contributed by atoms with E-state index >= 15 is 0 Å². The first kappa shape index (κ1) is 10.1. The lowest BCUT2D eigenvalue weighted by Gasteiger charge is -2.25. The van der Waals surface area contributed by atoms with Crippen LogP contribution in [0.3, 0.4) is 0 Å². The second-order valence-electron chi connectivity index (χ2n) is 5.02. The highest BCUT2D eigenvalue weighted by atomic mass is 16.6. The Balaban J connectivity index is 1.87. The smallest absolute Gasteiger partial charge is 0.340 e. The molecule has 16 heavy (non-hydrogen) atoms. The number of carbonyl (C=O) groups excluding carboxylic acids is 1. The summed E-state index contributed by atoms with van der Waals surface area (Å²) < 4.78 is 5.38. The van der Waals surface area contributed by atoms with Gasteiger partial charge in [-0.25, -0.2) is 9.79 Å². The molecule has 0 aromatic rings. The Hall–Kier alpha value is -1.12. The Bertz CT molecular complexity index is 375. The highest BCUT2D eigenvalue weighted by Gasteiger charge is 2.46. The van der Waals surface area contributed by atoms with Gasteiger partial charge in [0.2, 0.25) is 5.90 Å². The first-order chi connectivity index (χ1) is 7.80. The molecule has 86 valence electrons. The van der Waals surface area contributed by atoms with Crippen molar-refractivity contribution >= 4 is 11.9 Å². The molecule has 0 radical (unpaired) electrons. The number of hydrogen-bond acceptors (Lipinski definition) is 3. The van der Waals surface area contributed by atoms with Crippen LogP contribution in [0.1, 0.15) is 51.4 Å². The van der Waals surface area contributed by atoms with E-state index in [0.717, 1.165) is 44.1 Å². The molecule has 0 unspecified atom stereocenters. The fraction of sp³-hybridized carbons (Fsp3) is 0.692. The summed E-state index contributed by atoms with van der Waals surface area (Å²) in [4.78, 5) is 16.6. The van der Waals surface area contributed by atoms with Gasteiger partial charge in [-0.05, 0) is 32.1 Å². The van der Waals surface area contributed by atoms with E-state index in [1.165, 1.54) is 12.8 Å². The van der Waals surface area contributed by atoms with Crippen molar-refractivity contribution in [1.82, 2.24) is 0 Å². The molecule has 0 bridgehead atoms. The zero-order valence-corrected chi connectivity index (χ0v) is 9.50. The van der Waals surface area contributed by atoms with Crippen molar-refractivity contribution in [2.24, 2.45) is 4.99 Å². The molecule has 2 aliphatic carbocycles. The fourth-order valence-corrected chi connectivity index (χ4v) is 2.90. The predicted octanol–water partition coefficient (Wildman–Crippen LogP) is 2.75. The molecule has 0 N–H and O–H groups in total. The van der Waals surface area contributed by atoms with Gasteiger partial charge in [-0.15, -0.1) is 0 Å². The van der Waals surface area contributed by atoms with E-state index in [1.807, 2.05) is 0 Å². The van der Waals surface area contributed by atoms with Crippen LogP contribution in [0.15, 0.2) is 16.6 Å². The Morgan fingerprint density at radius 3 is 2.69 bits per heavy atom. The summed E-state index contributed by atoms with van der Waals surface area (Å²) in [5.41, 5.74) is 0.646. The predicted molar refractivity (Wildman–Crippen MR) is 61.3 cm³/mol. The van der Waals surface area contributed by atoms with Gasteiger partial charge in [0.25, 0.3) is 0 Å². The van der Waals surface area contributed by atoms with Gasteiger partial charge in [0.1, 0.15) is 0 Å². The van der Waals surface area contributed by atoms with Crippen LogP contribution in [-0.4, -0.2) is 17.4 Å². The maximum atomic E-state index is 12.0. The van der Waals surface area contributed by atoms with Gasteiger partial charge in [0, 0.05) is 5.57 Å². The summed E-state index contributed by atoms with van der Waals surface area (Å²) in [5.74, 6) is 0.527. The van der Waals surface area contributed by atoms with Crippen molar-refractivity contribution in [3.63, 3.8) is 0 Å². The fourth-order valence-electron chi connectivity index (χ4n) is 2.90. The molecule has 1 aliphatic heterocycles. The molecule has 0 saturated heterocycles. The molecule has 3 rings (SSSR count). The number of cyclic esters (lactones) is 1. The molecule has 1 spiro atoms. The average Bonchev–Trinajstić information content (AvgIpc) is 2.90. The number of aliphatic imine (C=N–C) groups is 1. The summed E-state index contributed by atoms with van der Waals surface area (Å²) in [6.07, 6.45) is 10.6. The van der Waals surface area contributed by atoms with E-state index in [1.54, 1.807) is 0 Å². The van der Waals surface area contributed by atoms with Gasteiger partial charge >= 0.3 is 5.97 Å². The van der Waals surface area contributed by atoms with Crippen LogP contribution in [0.2, 0.25) is 0 Å². The Kier molecular flexibility index (Phi) is 2.34. The molecule has 0 amide bonds. The number of allylic oxidation sites excluding steroid dienone is 1. The van der Waals surface area contributed by atoms with Gasteiger partial charge < -0.3 is 4.74 Å². The minimum atomic E-state index is -0.503. The summed E-state index contributed by atoms with van der Waals surface area (Å²) in [5, 5.41) is 0. The highest BCUT2D eigenvalue weighted by molar-refractivity contribution is 6.07. The molecule has 0 aromatic heterocycles. The minimum absolute atomic E-state index is 0.102. The lowest BCUT2D eigenvalue weighted by molar-refractivity contribution is -0.140. The van der Waals surface area contributed by atoms with Crippen molar-refractivity contribution < 1.29 is 9.53 Å². The maximum absolute atomic E-state index is 12.0. The van der Waals surface area contributed by atoms with Gasteiger partial charge in [0.05, 0.1) is 0 Å². The number of rotatable bonds is 1. The third-order valence-electron chi connectivity index (χ3n) is 3.88. The van der Waals surface area contributed by atoms with Crippen LogP contribution >= 0.6 is 0 Å². The van der Waals surface area contributed by atoms with Crippen molar-refractivity contribution in [2.45, 2.75) is 56.9 Å². The van der Waals surface area contributed by atoms with Gasteiger partial charge in [-0.2, -0.15) is 0 Å². The first-order valence-corrected chi connectivity index (χ1v) is 6.32. The van der Waals surface area contributed by atoms with Crippen LogP contribution < -0.4 is 0 Å². The van der Waals surface area contributed by atoms with Crippen LogP contribution in [-0.2, 0) is 9.53 Å². The quantitative estimate of drug-likeness (QED) is 0.636. The normalized spacial score (nSPS) is 27.9. The van der Waals surface area contributed by atoms with E-state index in [2.05, 4.69) is 11.1 Å². The molecule has 3 nitrogen and oxygen atoms in total. The Labute approximate surface area is 95.6 Å². The summed E-state index contributed by atoms with van der Waals surface area (Å²) in [6.45, 7) is 0. The largest absolute Gasteiger partial charge is 0.406 e. The Morgan fingerprint density at radius 1 is 1.19 bits per heavy atom. The molecule has 0 atom stereocenters. The molecule has 3 aliphatic rings. The third kappa shape index (κ3) is 1.49. The molecule has 1 fully saturated rings. The molecular weight excluding hydrogens is 202 g/mol. The number of hydrogen-bond donors (Lipinski definition) is 0. The number of nitrogens with zero attached hydrogens (tertiary/aromatic N) is 1. The molecular formula is C13H17NO2. The zero-order chi connectivity index (χ0) is 11.0. The summed E-state index contributed by atoms with van der Waals surface area (Å²) >= 11 is 0. The topological polar surface area (TPSA) is 38.7 Å². The molecule has 0 aromatic carbocycles. The van der Waals surface area contributed by atoms with Gasteiger partial charge in [-0.3, -0.25) is 0 Å². The van der Waals surface area contributed by atoms with Crippen LogP contribution in [0.5, 0.6) is 0 Å². The van der Waals surface area contributed by atoms with Crippen LogP contribution in [0, 0.1) is 0 Å². The van der Waals surface area contributed by atoms with Crippen molar-refractivity contribution in [3.05, 3.63) is 11.6 Å². The van der Waals surface area contributed by atoms with E-state index < -0.39 is 5.54 Å². The lowest BCUT2D eigenvalue weighted by atomic mass is 9.83. The Morgan fingerprint density at radius 2 is 2.00 bits per heavy atom. The first-order valence-electron chi connectivity index (χ1n) is 6.32. The van der Waals surface area contributed by atoms with Crippen molar-refractivity contribution in [2.75, 3.05) is 0 Å². The summed E-state index contributed by atoms with van der Waals surface area (Å²) in [7, 11) is 0. The van der Waals surface area contributed by atoms with Gasteiger partial charge in [0.15, 0.2) is 5.54 Å². The van der Waals surface area contributed by atoms with Crippen LogP contribution in [0.4, 0.5) is 0 Å². The average molecular weight is 219 g/mol. The number of carbonyl (C=O) groups is 1. The SMILES string of the molecule is O=C1OC(C2=CCCC2)=NC12CCCCC2. The van der Waals surface area contributed by atoms with E-state index in [-0.39, 0.29) is 5.97 Å². The maximum Gasteiger partial charge on any atom is 0.340 e. The minimum Gasteiger partial charge on any atom is -0.406 e. The standard InChI is InChI=1S/C13H17NO2/c15-12-13(8-4-1-5-9-13)14-11(16-12)10-6-2-3-7-10/h6H,1-5,7-9H2. The summed E-state index contributed by atoms with van der Waals surface area (Å²) in [6, 6.07) is 0. The lowest BCUT2D eigenvalue weighted by Crippen LogP contribution is -2.35. The van der Waals surface area contributed by atoms with E-state index in [0.29, 0.717) is 5.90 Å². The molecule has 3 heteroatoms. The number of esters is 1. The van der Waals surface area contributed by atoms with Crippen molar-refractivity contribution in [1.29, 1.82) is 0 Å². The van der Waals surface area contributed by atoms with Crippen molar-refractivity contribution in [3.8, 4) is 0 Å².